The Morgan fingerprint density at radius 3 is 3.26 bits per heavy atom. The van der Waals surface area contributed by atoms with E-state index in [4.69, 9.17) is 10.5 Å². The third-order valence-electron chi connectivity index (χ3n) is 3.19. The summed E-state index contributed by atoms with van der Waals surface area (Å²) >= 11 is 0. The summed E-state index contributed by atoms with van der Waals surface area (Å²) in [6, 6.07) is 0. The molecule has 0 aliphatic carbocycles. The fourth-order valence-electron chi connectivity index (χ4n) is 2.18. The van der Waals surface area contributed by atoms with E-state index in [0.717, 1.165) is 19.4 Å². The van der Waals surface area contributed by atoms with Gasteiger partial charge in [-0.05, 0) is 18.9 Å². The summed E-state index contributed by atoms with van der Waals surface area (Å²) in [5, 5.41) is 0. The minimum absolute atomic E-state index is 0.0211. The van der Waals surface area contributed by atoms with Crippen LogP contribution in [0, 0.1) is 5.92 Å². The van der Waals surface area contributed by atoms with E-state index < -0.39 is 0 Å². The van der Waals surface area contributed by atoms with Crippen molar-refractivity contribution in [1.82, 2.24) is 14.9 Å². The average Bonchev–Trinajstić information content (AvgIpc) is 2.46. The Labute approximate surface area is 112 Å². The quantitative estimate of drug-likeness (QED) is 0.814. The van der Waals surface area contributed by atoms with Gasteiger partial charge in [0.1, 0.15) is 6.33 Å². The molecule has 1 aromatic heterocycles. The summed E-state index contributed by atoms with van der Waals surface area (Å²) < 4.78 is 5.62. The number of nitrogen functional groups attached to an aromatic ring is 1. The zero-order chi connectivity index (χ0) is 13.7. The van der Waals surface area contributed by atoms with Gasteiger partial charge in [0.25, 0.3) is 0 Å². The van der Waals surface area contributed by atoms with Crippen LogP contribution in [-0.2, 0) is 4.79 Å². The Morgan fingerprint density at radius 2 is 2.53 bits per heavy atom. The molecule has 1 saturated heterocycles. The number of piperidine rings is 1. The highest BCUT2D eigenvalue weighted by atomic mass is 16.5. The lowest BCUT2D eigenvalue weighted by atomic mass is 9.99. The van der Waals surface area contributed by atoms with E-state index in [1.807, 2.05) is 0 Å². The molecule has 1 fully saturated rings. The Bertz CT molecular complexity index is 464. The number of carbonyl (C=O) groups is 1. The zero-order valence-electron chi connectivity index (χ0n) is 10.8. The molecule has 102 valence electrons. The topological polar surface area (TPSA) is 81.3 Å². The number of aromatic nitrogens is 2. The minimum atomic E-state index is -0.0211. The number of amides is 1. The predicted molar refractivity (Wildman–Crippen MR) is 71.4 cm³/mol. The summed E-state index contributed by atoms with van der Waals surface area (Å²) in [7, 11) is 0. The third-order valence-corrected chi connectivity index (χ3v) is 3.19. The number of nitrogens with two attached hydrogens (primary N) is 1. The summed E-state index contributed by atoms with van der Waals surface area (Å²) in [4.78, 5) is 21.1. The lowest BCUT2D eigenvalue weighted by Gasteiger charge is -2.31. The summed E-state index contributed by atoms with van der Waals surface area (Å²) in [5.41, 5.74) is 5.68. The molecule has 6 heteroatoms. The summed E-state index contributed by atoms with van der Waals surface area (Å²) in [6.07, 6.45) is 6.31. The van der Waals surface area contributed by atoms with E-state index in [-0.39, 0.29) is 5.91 Å². The normalized spacial score (nSPS) is 18.9. The number of likely N-dealkylation sites (tertiary alicyclic amines) is 1. The second kappa shape index (κ2) is 6.17. The molecule has 1 aliphatic heterocycles. The molecular weight excluding hydrogens is 244 g/mol. The van der Waals surface area contributed by atoms with Crippen molar-refractivity contribution < 1.29 is 9.53 Å². The Morgan fingerprint density at radius 1 is 1.68 bits per heavy atom. The van der Waals surface area contributed by atoms with Gasteiger partial charge in [0, 0.05) is 19.0 Å². The molecule has 2 rings (SSSR count). The van der Waals surface area contributed by atoms with Gasteiger partial charge in [0.2, 0.25) is 5.91 Å². The molecule has 0 saturated carbocycles. The van der Waals surface area contributed by atoms with Crippen LogP contribution in [0.15, 0.2) is 25.2 Å². The fraction of sp³-hybridized carbons (Fsp3) is 0.462. The number of rotatable bonds is 4. The second-order valence-corrected chi connectivity index (χ2v) is 4.58. The van der Waals surface area contributed by atoms with Crippen molar-refractivity contribution in [3.63, 3.8) is 0 Å². The SMILES string of the molecule is C=CC(=O)N1CCCC(COc2cncnc2N)C1. The molecule has 6 nitrogen and oxygen atoms in total. The van der Waals surface area contributed by atoms with Crippen LogP contribution in [0.4, 0.5) is 5.82 Å². The third kappa shape index (κ3) is 3.43. The second-order valence-electron chi connectivity index (χ2n) is 4.58. The minimum Gasteiger partial charge on any atom is -0.488 e. The Kier molecular flexibility index (Phi) is 4.33. The van der Waals surface area contributed by atoms with E-state index in [1.54, 1.807) is 11.1 Å². The van der Waals surface area contributed by atoms with Gasteiger partial charge in [-0.2, -0.15) is 0 Å². The van der Waals surface area contributed by atoms with Gasteiger partial charge >= 0.3 is 0 Å². The van der Waals surface area contributed by atoms with Gasteiger partial charge in [-0.15, -0.1) is 0 Å². The summed E-state index contributed by atoms with van der Waals surface area (Å²) in [6.45, 7) is 5.51. The maximum Gasteiger partial charge on any atom is 0.245 e. The van der Waals surface area contributed by atoms with Crippen molar-refractivity contribution in [1.29, 1.82) is 0 Å². The number of anilines is 1. The highest BCUT2D eigenvalue weighted by molar-refractivity contribution is 5.87. The molecule has 1 aliphatic rings. The van der Waals surface area contributed by atoms with Gasteiger partial charge in [0.15, 0.2) is 11.6 Å². The molecule has 1 amide bonds. The van der Waals surface area contributed by atoms with E-state index >= 15 is 0 Å². The van der Waals surface area contributed by atoms with Crippen LogP contribution in [0.5, 0.6) is 5.75 Å². The highest BCUT2D eigenvalue weighted by Crippen LogP contribution is 2.21. The Balaban J connectivity index is 1.88. The van der Waals surface area contributed by atoms with Gasteiger partial charge in [-0.25, -0.2) is 9.97 Å². The van der Waals surface area contributed by atoms with Crippen molar-refractivity contribution in [3.8, 4) is 5.75 Å². The largest absolute Gasteiger partial charge is 0.488 e. The van der Waals surface area contributed by atoms with Crippen molar-refractivity contribution in [2.45, 2.75) is 12.8 Å². The number of ether oxygens (including phenoxy) is 1. The smallest absolute Gasteiger partial charge is 0.245 e. The van der Waals surface area contributed by atoms with E-state index in [9.17, 15) is 4.79 Å². The van der Waals surface area contributed by atoms with Crippen LogP contribution >= 0.6 is 0 Å². The maximum absolute atomic E-state index is 11.6. The highest BCUT2D eigenvalue weighted by Gasteiger charge is 2.22. The average molecular weight is 262 g/mol. The van der Waals surface area contributed by atoms with Crippen molar-refractivity contribution in [2.75, 3.05) is 25.4 Å². The molecule has 19 heavy (non-hydrogen) atoms. The fourth-order valence-corrected chi connectivity index (χ4v) is 2.18. The number of carbonyl (C=O) groups excluding carboxylic acids is 1. The molecule has 0 radical (unpaired) electrons. The van der Waals surface area contributed by atoms with Crippen molar-refractivity contribution >= 4 is 11.7 Å². The van der Waals surface area contributed by atoms with Crippen molar-refractivity contribution in [3.05, 3.63) is 25.2 Å². The van der Waals surface area contributed by atoms with Crippen LogP contribution in [0.3, 0.4) is 0 Å². The monoisotopic (exact) mass is 262 g/mol. The van der Waals surface area contributed by atoms with Crippen LogP contribution < -0.4 is 10.5 Å². The standard InChI is InChI=1S/C13H18N4O2/c1-2-12(18)17-5-3-4-10(7-17)8-19-11-6-15-9-16-13(11)14/h2,6,9-10H,1,3-5,7-8H2,(H2,14,15,16). The first kappa shape index (κ1) is 13.3. The first-order chi connectivity index (χ1) is 9.20. The number of hydrogen-bond acceptors (Lipinski definition) is 5. The van der Waals surface area contributed by atoms with Gasteiger partial charge in [-0.1, -0.05) is 6.58 Å². The molecule has 0 bridgehead atoms. The van der Waals surface area contributed by atoms with Gasteiger partial charge in [0.05, 0.1) is 12.8 Å². The van der Waals surface area contributed by atoms with Crippen molar-refractivity contribution in [2.24, 2.45) is 5.92 Å². The Hall–Kier alpha value is -2.11. The molecule has 2 heterocycles. The van der Waals surface area contributed by atoms with E-state index in [0.29, 0.717) is 30.6 Å². The molecule has 0 spiro atoms. The predicted octanol–water partition coefficient (Wildman–Crippen LogP) is 0.862. The molecule has 2 N–H and O–H groups in total. The molecule has 0 aromatic carbocycles. The molecule has 1 unspecified atom stereocenters. The van der Waals surface area contributed by atoms with Crippen LogP contribution in [0.2, 0.25) is 0 Å². The van der Waals surface area contributed by atoms with E-state index in [1.165, 1.54) is 12.4 Å². The zero-order valence-corrected chi connectivity index (χ0v) is 10.8. The molecule has 1 aromatic rings. The molecular formula is C13H18N4O2. The first-order valence-electron chi connectivity index (χ1n) is 6.30. The van der Waals surface area contributed by atoms with Crippen LogP contribution in [-0.4, -0.2) is 40.5 Å². The van der Waals surface area contributed by atoms with Gasteiger partial charge < -0.3 is 15.4 Å². The van der Waals surface area contributed by atoms with Crippen LogP contribution in [0.25, 0.3) is 0 Å². The van der Waals surface area contributed by atoms with Crippen LogP contribution in [0.1, 0.15) is 12.8 Å². The first-order valence-corrected chi connectivity index (χ1v) is 6.30. The maximum atomic E-state index is 11.6. The number of hydrogen-bond donors (Lipinski definition) is 1. The number of nitrogens with zero attached hydrogens (tertiary/aromatic N) is 3. The lowest BCUT2D eigenvalue weighted by Crippen LogP contribution is -2.40. The molecule has 1 atom stereocenters. The van der Waals surface area contributed by atoms with Gasteiger partial charge in [-0.3, -0.25) is 4.79 Å². The summed E-state index contributed by atoms with van der Waals surface area (Å²) in [5.74, 6) is 1.11. The lowest BCUT2D eigenvalue weighted by molar-refractivity contribution is -0.127. The van der Waals surface area contributed by atoms with E-state index in [2.05, 4.69) is 16.5 Å².